The maximum absolute atomic E-state index is 12.5. The van der Waals surface area contributed by atoms with Crippen molar-refractivity contribution in [1.82, 2.24) is 9.80 Å². The first kappa shape index (κ1) is 21.4. The van der Waals surface area contributed by atoms with Gasteiger partial charge in [0.15, 0.2) is 0 Å². The fourth-order valence-electron chi connectivity index (χ4n) is 4.53. The smallest absolute Gasteiger partial charge is 0.235 e. The first-order valence-corrected chi connectivity index (χ1v) is 10.4. The molecule has 1 amide bonds. The van der Waals surface area contributed by atoms with E-state index in [-0.39, 0.29) is 23.9 Å². The zero-order chi connectivity index (χ0) is 21.0. The molecule has 6 heteroatoms. The fourth-order valence-corrected chi connectivity index (χ4v) is 4.53. The topological polar surface area (TPSA) is 92.7 Å². The highest BCUT2D eigenvalue weighted by Gasteiger charge is 2.36. The molecule has 1 fully saturated rings. The number of benzene rings is 2. The van der Waals surface area contributed by atoms with Crippen LogP contribution in [0.4, 0.5) is 0 Å². The van der Waals surface area contributed by atoms with E-state index in [1.165, 1.54) is 10.8 Å². The lowest BCUT2D eigenvalue weighted by Gasteiger charge is -2.45. The second kappa shape index (κ2) is 9.48. The van der Waals surface area contributed by atoms with Crippen molar-refractivity contribution >= 4 is 23.0 Å². The standard InChI is InChI=1S/C23H32N4O2/c1-3-21-14-27(11-10-26(21)13-20(24)15-28)22(23(25)29)16(2)18-9-8-17-6-4-5-7-19(17)12-18/h4-9,12,15-16,20-22H,3,10-11,13-14,24H2,1-2H3,(H2,25,29). The molecule has 1 heterocycles. The highest BCUT2D eigenvalue weighted by molar-refractivity contribution is 5.84. The third-order valence-electron chi connectivity index (χ3n) is 6.19. The van der Waals surface area contributed by atoms with Crippen LogP contribution in [0.2, 0.25) is 0 Å². The zero-order valence-corrected chi connectivity index (χ0v) is 17.3. The van der Waals surface area contributed by atoms with Crippen molar-refractivity contribution in [3.8, 4) is 0 Å². The lowest BCUT2D eigenvalue weighted by Crippen LogP contribution is -2.60. The molecule has 29 heavy (non-hydrogen) atoms. The van der Waals surface area contributed by atoms with Gasteiger partial charge in [-0.3, -0.25) is 14.6 Å². The van der Waals surface area contributed by atoms with Crippen molar-refractivity contribution < 1.29 is 9.59 Å². The van der Waals surface area contributed by atoms with E-state index in [2.05, 4.69) is 54.0 Å². The Labute approximate surface area is 172 Å². The van der Waals surface area contributed by atoms with Crippen molar-refractivity contribution in [1.29, 1.82) is 0 Å². The van der Waals surface area contributed by atoms with E-state index >= 15 is 0 Å². The van der Waals surface area contributed by atoms with Crippen LogP contribution in [-0.2, 0) is 9.59 Å². The van der Waals surface area contributed by atoms with Gasteiger partial charge in [0, 0.05) is 38.1 Å². The summed E-state index contributed by atoms with van der Waals surface area (Å²) in [5.74, 6) is -0.308. The monoisotopic (exact) mass is 396 g/mol. The summed E-state index contributed by atoms with van der Waals surface area (Å²) >= 11 is 0. The van der Waals surface area contributed by atoms with E-state index in [0.29, 0.717) is 6.54 Å². The summed E-state index contributed by atoms with van der Waals surface area (Å²) in [5, 5.41) is 2.35. The Morgan fingerprint density at radius 3 is 2.59 bits per heavy atom. The van der Waals surface area contributed by atoms with Gasteiger partial charge >= 0.3 is 0 Å². The third-order valence-corrected chi connectivity index (χ3v) is 6.19. The van der Waals surface area contributed by atoms with Gasteiger partial charge < -0.3 is 16.3 Å². The normalized spacial score (nSPS) is 21.6. The molecule has 0 saturated carbocycles. The summed E-state index contributed by atoms with van der Waals surface area (Å²) in [7, 11) is 0. The van der Waals surface area contributed by atoms with Crippen LogP contribution in [0.3, 0.4) is 0 Å². The molecule has 1 saturated heterocycles. The van der Waals surface area contributed by atoms with Gasteiger partial charge in [0.05, 0.1) is 12.1 Å². The molecule has 0 bridgehead atoms. The van der Waals surface area contributed by atoms with Crippen LogP contribution in [0, 0.1) is 0 Å². The van der Waals surface area contributed by atoms with Crippen molar-refractivity contribution in [2.24, 2.45) is 11.5 Å². The average molecular weight is 397 g/mol. The van der Waals surface area contributed by atoms with E-state index < -0.39 is 6.04 Å². The molecule has 2 aromatic rings. The van der Waals surface area contributed by atoms with E-state index in [4.69, 9.17) is 11.5 Å². The van der Waals surface area contributed by atoms with Gasteiger partial charge in [-0.05, 0) is 22.8 Å². The number of hydrogen-bond acceptors (Lipinski definition) is 5. The minimum absolute atomic E-state index is 0.0154. The zero-order valence-electron chi connectivity index (χ0n) is 17.3. The Kier molecular flexibility index (Phi) is 7.00. The second-order valence-electron chi connectivity index (χ2n) is 8.09. The lowest BCUT2D eigenvalue weighted by atomic mass is 9.89. The molecule has 2 aromatic carbocycles. The summed E-state index contributed by atoms with van der Waals surface area (Å²) in [6, 6.07) is 14.0. The minimum atomic E-state index is -0.473. The average Bonchev–Trinajstić information content (AvgIpc) is 2.73. The number of rotatable bonds is 8. The number of piperazine rings is 1. The van der Waals surface area contributed by atoms with Gasteiger partial charge in [0.25, 0.3) is 0 Å². The minimum Gasteiger partial charge on any atom is -0.368 e. The molecular weight excluding hydrogens is 364 g/mol. The third kappa shape index (κ3) is 4.83. The number of aldehydes is 1. The largest absolute Gasteiger partial charge is 0.368 e. The number of nitrogens with two attached hydrogens (primary N) is 2. The van der Waals surface area contributed by atoms with Crippen LogP contribution < -0.4 is 11.5 Å². The number of amides is 1. The van der Waals surface area contributed by atoms with Crippen LogP contribution >= 0.6 is 0 Å². The van der Waals surface area contributed by atoms with Crippen molar-refractivity contribution in [2.45, 2.75) is 44.3 Å². The second-order valence-corrected chi connectivity index (χ2v) is 8.09. The molecule has 0 aromatic heterocycles. The predicted octanol–water partition coefficient (Wildman–Crippen LogP) is 1.72. The van der Waals surface area contributed by atoms with Crippen LogP contribution in [0.1, 0.15) is 31.7 Å². The summed E-state index contributed by atoms with van der Waals surface area (Å²) in [5.41, 5.74) is 12.8. The maximum Gasteiger partial charge on any atom is 0.235 e. The number of primary amides is 1. The molecular formula is C23H32N4O2. The van der Waals surface area contributed by atoms with Gasteiger partial charge in [-0.1, -0.05) is 56.3 Å². The molecule has 4 N–H and O–H groups in total. The summed E-state index contributed by atoms with van der Waals surface area (Å²) in [6.45, 7) is 7.00. The predicted molar refractivity (Wildman–Crippen MR) is 117 cm³/mol. The molecule has 1 aliphatic rings. The number of carbonyl (C=O) groups excluding carboxylic acids is 2. The Bertz CT molecular complexity index is 856. The molecule has 4 unspecified atom stereocenters. The molecule has 0 spiro atoms. The highest BCUT2D eigenvalue weighted by Crippen LogP contribution is 2.28. The van der Waals surface area contributed by atoms with Gasteiger partial charge in [-0.25, -0.2) is 0 Å². The van der Waals surface area contributed by atoms with Crippen LogP contribution in [0.5, 0.6) is 0 Å². The molecule has 0 radical (unpaired) electrons. The van der Waals surface area contributed by atoms with Crippen molar-refractivity contribution in [3.63, 3.8) is 0 Å². The number of hydrogen-bond donors (Lipinski definition) is 2. The van der Waals surface area contributed by atoms with Crippen molar-refractivity contribution in [2.75, 3.05) is 26.2 Å². The van der Waals surface area contributed by atoms with Crippen molar-refractivity contribution in [3.05, 3.63) is 48.0 Å². The molecule has 156 valence electrons. The van der Waals surface area contributed by atoms with E-state index in [0.717, 1.165) is 37.9 Å². The molecule has 1 aliphatic heterocycles. The first-order valence-electron chi connectivity index (χ1n) is 10.4. The van der Waals surface area contributed by atoms with Gasteiger partial charge in [0.2, 0.25) is 5.91 Å². The quantitative estimate of drug-likeness (QED) is 0.663. The summed E-state index contributed by atoms with van der Waals surface area (Å²) < 4.78 is 0. The summed E-state index contributed by atoms with van der Waals surface area (Å²) in [4.78, 5) is 27.9. The Balaban J connectivity index is 1.79. The fraction of sp³-hybridized carbons (Fsp3) is 0.478. The number of fused-ring (bicyclic) bond motifs is 1. The first-order chi connectivity index (χ1) is 13.9. The summed E-state index contributed by atoms with van der Waals surface area (Å²) in [6.07, 6.45) is 1.73. The molecule has 6 nitrogen and oxygen atoms in total. The van der Waals surface area contributed by atoms with E-state index in [1.54, 1.807) is 0 Å². The maximum atomic E-state index is 12.5. The number of carbonyl (C=O) groups is 2. The SMILES string of the molecule is CCC1CN(C(C(N)=O)C(C)c2ccc3ccccc3c2)CCN1CC(N)C=O. The molecule has 4 atom stereocenters. The van der Waals surface area contributed by atoms with Gasteiger partial charge in [-0.2, -0.15) is 0 Å². The number of nitrogens with zero attached hydrogens (tertiary/aromatic N) is 2. The van der Waals surface area contributed by atoms with E-state index in [9.17, 15) is 9.59 Å². The Hall–Kier alpha value is -2.28. The Morgan fingerprint density at radius 1 is 1.21 bits per heavy atom. The highest BCUT2D eigenvalue weighted by atomic mass is 16.1. The lowest BCUT2D eigenvalue weighted by molar-refractivity contribution is -0.125. The molecule has 3 rings (SSSR count). The van der Waals surface area contributed by atoms with Gasteiger partial charge in [0.1, 0.15) is 6.29 Å². The van der Waals surface area contributed by atoms with Crippen LogP contribution in [-0.4, -0.2) is 66.3 Å². The molecule has 0 aliphatic carbocycles. The van der Waals surface area contributed by atoms with Gasteiger partial charge in [-0.15, -0.1) is 0 Å². The Morgan fingerprint density at radius 2 is 1.93 bits per heavy atom. The van der Waals surface area contributed by atoms with Crippen LogP contribution in [0.25, 0.3) is 10.8 Å². The van der Waals surface area contributed by atoms with Crippen LogP contribution in [0.15, 0.2) is 42.5 Å². The van der Waals surface area contributed by atoms with E-state index in [1.807, 2.05) is 12.1 Å².